The predicted molar refractivity (Wildman–Crippen MR) is 120 cm³/mol. The van der Waals surface area contributed by atoms with Crippen molar-refractivity contribution in [2.24, 2.45) is 12.1 Å². The Labute approximate surface area is 192 Å². The Bertz CT molecular complexity index is 1270. The summed E-state index contributed by atoms with van der Waals surface area (Å²) in [5.41, 5.74) is 10.8. The highest BCUT2D eigenvalue weighted by atomic mass is 32.2. The summed E-state index contributed by atoms with van der Waals surface area (Å²) in [5.74, 6) is 0.308. The number of nitrogens with zero attached hydrogens (tertiary/aromatic N) is 9. The first-order valence-electron chi connectivity index (χ1n) is 9.87. The van der Waals surface area contributed by atoms with Gasteiger partial charge < -0.3 is 10.3 Å². The van der Waals surface area contributed by atoms with Crippen LogP contribution < -0.4 is 11.2 Å². The van der Waals surface area contributed by atoms with Gasteiger partial charge in [-0.1, -0.05) is 55.1 Å². The van der Waals surface area contributed by atoms with Crippen molar-refractivity contribution < 1.29 is 9.42 Å². The molecule has 13 nitrogen and oxygen atoms in total. The molecule has 1 amide bonds. The quantitative estimate of drug-likeness (QED) is 0.220. The van der Waals surface area contributed by atoms with E-state index in [9.17, 15) is 4.79 Å². The lowest BCUT2D eigenvalue weighted by Crippen LogP contribution is -2.20. The number of hydrogen-bond donors (Lipinski definition) is 2. The maximum Gasteiger partial charge on any atom is 0.293 e. The molecule has 0 bridgehead atoms. The molecule has 0 saturated heterocycles. The number of aromatic nitrogens is 8. The monoisotopic (exact) mass is 467 g/mol. The number of rotatable bonds is 8. The van der Waals surface area contributed by atoms with Crippen LogP contribution in [0.1, 0.15) is 47.1 Å². The molecular weight excluding hydrogens is 446 g/mol. The number of carbonyl (C=O) groups excluding carboxylic acids is 1. The highest BCUT2D eigenvalue weighted by molar-refractivity contribution is 7.98. The van der Waals surface area contributed by atoms with E-state index in [1.807, 2.05) is 31.3 Å². The summed E-state index contributed by atoms with van der Waals surface area (Å²) in [6.45, 7) is 4.25. The molecule has 0 unspecified atom stereocenters. The van der Waals surface area contributed by atoms with Gasteiger partial charge in [0.05, 0.1) is 11.9 Å². The third-order valence-corrected chi connectivity index (χ3v) is 5.71. The number of nitrogen functional groups attached to an aromatic ring is 1. The van der Waals surface area contributed by atoms with E-state index in [1.54, 1.807) is 17.1 Å². The normalized spacial score (nSPS) is 11.5. The standard InChI is InChI=1S/C19H21N11O2S/c1-11(2)13-6-4-12(5-7-13)8-21-24-18(31)15-14(9-33-19-25-22-10-29(19)3)30(28-23-15)17-16(20)26-32-27-17/h4-8,10-11H,9H2,1-3H3,(H2,20,26)(H,24,31)/b21-8-. The minimum Gasteiger partial charge on any atom is -0.378 e. The maximum atomic E-state index is 12.8. The van der Waals surface area contributed by atoms with E-state index in [2.05, 4.69) is 59.8 Å². The molecule has 3 N–H and O–H groups in total. The van der Waals surface area contributed by atoms with Crippen LogP contribution >= 0.6 is 11.8 Å². The zero-order chi connectivity index (χ0) is 23.4. The molecular formula is C19H21N11O2S. The van der Waals surface area contributed by atoms with Crippen LogP contribution in [0.25, 0.3) is 5.82 Å². The van der Waals surface area contributed by atoms with E-state index in [4.69, 9.17) is 5.73 Å². The summed E-state index contributed by atoms with van der Waals surface area (Å²) in [6, 6.07) is 7.92. The van der Waals surface area contributed by atoms with Gasteiger partial charge in [0.2, 0.25) is 11.6 Å². The Hall–Kier alpha value is -4.07. The molecule has 170 valence electrons. The average molecular weight is 468 g/mol. The second kappa shape index (κ2) is 9.60. The van der Waals surface area contributed by atoms with Crippen molar-refractivity contribution in [1.29, 1.82) is 0 Å². The van der Waals surface area contributed by atoms with Crippen LogP contribution in [-0.2, 0) is 12.8 Å². The van der Waals surface area contributed by atoms with Crippen molar-refractivity contribution in [3.05, 3.63) is 53.1 Å². The number of thioether (sulfide) groups is 1. The molecule has 14 heteroatoms. The van der Waals surface area contributed by atoms with Crippen molar-refractivity contribution in [1.82, 2.24) is 45.5 Å². The van der Waals surface area contributed by atoms with Gasteiger partial charge in [-0.25, -0.2) is 10.1 Å². The number of aryl methyl sites for hydroxylation is 1. The largest absolute Gasteiger partial charge is 0.378 e. The van der Waals surface area contributed by atoms with Gasteiger partial charge in [-0.3, -0.25) is 4.79 Å². The third kappa shape index (κ3) is 4.90. The lowest BCUT2D eigenvalue weighted by atomic mass is 10.0. The smallest absolute Gasteiger partial charge is 0.293 e. The average Bonchev–Trinajstić information content (AvgIpc) is 3.52. The van der Waals surface area contributed by atoms with Gasteiger partial charge in [0.15, 0.2) is 10.9 Å². The molecule has 0 aliphatic rings. The van der Waals surface area contributed by atoms with E-state index in [1.165, 1.54) is 22.0 Å². The first kappa shape index (κ1) is 22.1. The molecule has 0 aliphatic heterocycles. The Balaban J connectivity index is 1.54. The first-order chi connectivity index (χ1) is 15.9. The summed E-state index contributed by atoms with van der Waals surface area (Å²) in [7, 11) is 1.81. The molecule has 0 saturated carbocycles. The lowest BCUT2D eigenvalue weighted by Gasteiger charge is -2.05. The van der Waals surface area contributed by atoms with Gasteiger partial charge in [0.25, 0.3) is 5.91 Å². The minimum absolute atomic E-state index is 0.0135. The van der Waals surface area contributed by atoms with Gasteiger partial charge in [0.1, 0.15) is 6.33 Å². The maximum absolute atomic E-state index is 12.8. The summed E-state index contributed by atoms with van der Waals surface area (Å²) < 4.78 is 7.71. The number of nitrogens with one attached hydrogen (secondary N) is 1. The van der Waals surface area contributed by atoms with E-state index in [0.29, 0.717) is 16.8 Å². The highest BCUT2D eigenvalue weighted by Gasteiger charge is 2.24. The summed E-state index contributed by atoms with van der Waals surface area (Å²) in [5, 5.41) is 27.9. The van der Waals surface area contributed by atoms with Crippen molar-refractivity contribution in [3.8, 4) is 5.82 Å². The van der Waals surface area contributed by atoms with Crippen LogP contribution in [0.4, 0.5) is 5.82 Å². The van der Waals surface area contributed by atoms with E-state index < -0.39 is 5.91 Å². The molecule has 3 aromatic heterocycles. The molecule has 0 aliphatic carbocycles. The van der Waals surface area contributed by atoms with Gasteiger partial charge in [-0.05, 0) is 27.4 Å². The molecule has 3 heterocycles. The molecule has 0 spiro atoms. The Morgan fingerprint density at radius 1 is 1.27 bits per heavy atom. The molecule has 1 aromatic carbocycles. The highest BCUT2D eigenvalue weighted by Crippen LogP contribution is 2.24. The summed E-state index contributed by atoms with van der Waals surface area (Å²) >= 11 is 1.34. The Morgan fingerprint density at radius 2 is 2.06 bits per heavy atom. The topological polar surface area (TPSA) is 168 Å². The van der Waals surface area contributed by atoms with Crippen molar-refractivity contribution in [3.63, 3.8) is 0 Å². The van der Waals surface area contributed by atoms with Crippen molar-refractivity contribution >= 4 is 29.7 Å². The van der Waals surface area contributed by atoms with Gasteiger partial charge >= 0.3 is 0 Å². The van der Waals surface area contributed by atoms with E-state index >= 15 is 0 Å². The number of carbonyl (C=O) groups is 1. The number of nitrogens with two attached hydrogens (primary N) is 1. The van der Waals surface area contributed by atoms with Gasteiger partial charge in [-0.15, -0.1) is 15.3 Å². The predicted octanol–water partition coefficient (Wildman–Crippen LogP) is 1.54. The SMILES string of the molecule is CC(C)c1ccc(/C=N\NC(=O)c2nnn(-c3nonc3N)c2CSc2nncn2C)cc1. The first-order valence-corrected chi connectivity index (χ1v) is 10.9. The molecule has 4 aromatic rings. The van der Waals surface area contributed by atoms with Crippen molar-refractivity contribution in [2.45, 2.75) is 30.7 Å². The fourth-order valence-electron chi connectivity index (χ4n) is 2.84. The third-order valence-electron chi connectivity index (χ3n) is 4.67. The number of hydrazone groups is 1. The molecule has 0 radical (unpaired) electrons. The van der Waals surface area contributed by atoms with Crippen LogP contribution in [-0.4, -0.2) is 52.2 Å². The Morgan fingerprint density at radius 3 is 2.70 bits per heavy atom. The van der Waals surface area contributed by atoms with Crippen LogP contribution in [0, 0.1) is 0 Å². The van der Waals surface area contributed by atoms with Crippen LogP contribution in [0.3, 0.4) is 0 Å². The zero-order valence-electron chi connectivity index (χ0n) is 18.1. The number of anilines is 1. The molecule has 33 heavy (non-hydrogen) atoms. The van der Waals surface area contributed by atoms with Crippen LogP contribution in [0.2, 0.25) is 0 Å². The second-order valence-corrected chi connectivity index (χ2v) is 8.25. The summed E-state index contributed by atoms with van der Waals surface area (Å²) in [4.78, 5) is 12.8. The number of amides is 1. The Kier molecular flexibility index (Phi) is 6.44. The van der Waals surface area contributed by atoms with Crippen LogP contribution in [0.5, 0.6) is 0 Å². The van der Waals surface area contributed by atoms with Crippen LogP contribution in [0.15, 0.2) is 45.5 Å². The number of hydrogen-bond acceptors (Lipinski definition) is 11. The fraction of sp³-hybridized carbons (Fsp3) is 0.263. The van der Waals surface area contributed by atoms with Gasteiger partial charge in [-0.2, -0.15) is 9.78 Å². The number of benzene rings is 1. The minimum atomic E-state index is -0.542. The van der Waals surface area contributed by atoms with Crippen molar-refractivity contribution in [2.75, 3.05) is 5.73 Å². The second-order valence-electron chi connectivity index (χ2n) is 7.30. The molecule has 0 fully saturated rings. The van der Waals surface area contributed by atoms with E-state index in [0.717, 1.165) is 5.56 Å². The molecule has 4 rings (SSSR count). The lowest BCUT2D eigenvalue weighted by molar-refractivity contribution is 0.0949. The fourth-order valence-corrected chi connectivity index (χ4v) is 3.72. The van der Waals surface area contributed by atoms with E-state index in [-0.39, 0.29) is 23.1 Å². The molecule has 0 atom stereocenters. The summed E-state index contributed by atoms with van der Waals surface area (Å²) in [6.07, 6.45) is 3.13. The zero-order valence-corrected chi connectivity index (χ0v) is 18.9. The van der Waals surface area contributed by atoms with Gasteiger partial charge in [0, 0.05) is 12.8 Å².